The summed E-state index contributed by atoms with van der Waals surface area (Å²) in [6, 6.07) is 4.89. The highest BCUT2D eigenvalue weighted by atomic mass is 16.6. The van der Waals surface area contributed by atoms with E-state index in [4.69, 9.17) is 0 Å². The van der Waals surface area contributed by atoms with Gasteiger partial charge in [-0.2, -0.15) is 0 Å². The third kappa shape index (κ3) is 2.94. The van der Waals surface area contributed by atoms with Crippen LogP contribution in [-0.4, -0.2) is 22.7 Å². The second kappa shape index (κ2) is 4.71. The van der Waals surface area contributed by atoms with Crippen molar-refractivity contribution < 1.29 is 10.0 Å². The van der Waals surface area contributed by atoms with E-state index in [0.717, 1.165) is 18.5 Å². The molecule has 5 nitrogen and oxygen atoms in total. The second-order valence-corrected chi connectivity index (χ2v) is 4.54. The summed E-state index contributed by atoms with van der Waals surface area (Å²) in [5.74, 6) is 0.432. The first kappa shape index (κ1) is 11.9. The molecule has 0 radical (unpaired) electrons. The molecule has 0 heterocycles. The van der Waals surface area contributed by atoms with Crippen LogP contribution in [0.25, 0.3) is 0 Å². The molecule has 0 spiro atoms. The molecule has 1 aliphatic carbocycles. The summed E-state index contributed by atoms with van der Waals surface area (Å²) in [7, 11) is 0. The van der Waals surface area contributed by atoms with Crippen LogP contribution in [0.3, 0.4) is 0 Å². The van der Waals surface area contributed by atoms with Crippen LogP contribution in [-0.2, 0) is 0 Å². The summed E-state index contributed by atoms with van der Waals surface area (Å²) in [5.41, 5.74) is 1.56. The number of nitrogens with one attached hydrogen (secondary N) is 1. The van der Waals surface area contributed by atoms with E-state index in [1.165, 1.54) is 6.07 Å². The molecule has 1 atom stereocenters. The molecule has 1 aromatic carbocycles. The molecule has 0 aliphatic heterocycles. The number of nitro benzene ring substituents is 1. The van der Waals surface area contributed by atoms with Crippen LogP contribution in [0.1, 0.15) is 18.4 Å². The zero-order valence-electron chi connectivity index (χ0n) is 9.72. The van der Waals surface area contributed by atoms with Crippen molar-refractivity contribution in [2.45, 2.75) is 25.9 Å². The van der Waals surface area contributed by atoms with Gasteiger partial charge in [-0.25, -0.2) is 0 Å². The maximum atomic E-state index is 10.6. The van der Waals surface area contributed by atoms with Gasteiger partial charge in [0.05, 0.1) is 11.0 Å². The smallest absolute Gasteiger partial charge is 0.272 e. The molecule has 2 N–H and O–H groups in total. The van der Waals surface area contributed by atoms with E-state index in [9.17, 15) is 15.2 Å². The largest absolute Gasteiger partial charge is 0.391 e. The van der Waals surface area contributed by atoms with E-state index in [1.54, 1.807) is 19.1 Å². The van der Waals surface area contributed by atoms with Gasteiger partial charge in [-0.15, -0.1) is 0 Å². The molecule has 1 aliphatic rings. The summed E-state index contributed by atoms with van der Waals surface area (Å²) < 4.78 is 0. The molecular formula is C12H16N2O3. The van der Waals surface area contributed by atoms with E-state index in [0.29, 0.717) is 18.0 Å². The second-order valence-electron chi connectivity index (χ2n) is 4.54. The van der Waals surface area contributed by atoms with Crippen LogP contribution < -0.4 is 5.32 Å². The van der Waals surface area contributed by atoms with Crippen LogP contribution in [0.4, 0.5) is 11.4 Å². The number of aryl methyl sites for hydroxylation is 1. The summed E-state index contributed by atoms with van der Waals surface area (Å²) in [6.07, 6.45) is 1.88. The van der Waals surface area contributed by atoms with E-state index in [-0.39, 0.29) is 11.8 Å². The van der Waals surface area contributed by atoms with Crippen molar-refractivity contribution in [3.05, 3.63) is 33.9 Å². The van der Waals surface area contributed by atoms with Crippen LogP contribution in [0.2, 0.25) is 0 Å². The Labute approximate surface area is 99.6 Å². The maximum Gasteiger partial charge on any atom is 0.272 e. The Hall–Kier alpha value is -1.62. The lowest BCUT2D eigenvalue weighted by atomic mass is 10.1. The maximum absolute atomic E-state index is 10.6. The lowest BCUT2D eigenvalue weighted by molar-refractivity contribution is -0.385. The Morgan fingerprint density at radius 2 is 2.29 bits per heavy atom. The van der Waals surface area contributed by atoms with E-state index in [1.807, 2.05) is 0 Å². The SMILES string of the molecule is Cc1cc(NCC(O)C2CC2)ccc1[N+](=O)[O-]. The van der Waals surface area contributed by atoms with Crippen molar-refractivity contribution in [3.8, 4) is 0 Å². The number of hydrogen-bond donors (Lipinski definition) is 2. The molecule has 1 unspecified atom stereocenters. The number of rotatable bonds is 5. The molecule has 0 saturated heterocycles. The van der Waals surface area contributed by atoms with Crippen LogP contribution >= 0.6 is 0 Å². The van der Waals surface area contributed by atoms with Crippen molar-refractivity contribution in [1.29, 1.82) is 0 Å². The van der Waals surface area contributed by atoms with Crippen LogP contribution in [0.5, 0.6) is 0 Å². The Bertz CT molecular complexity index is 430. The molecule has 17 heavy (non-hydrogen) atoms. The standard InChI is InChI=1S/C12H16N2O3/c1-8-6-10(4-5-11(8)14(16)17)13-7-12(15)9-2-3-9/h4-6,9,12-13,15H,2-3,7H2,1H3. The molecule has 1 fully saturated rings. The quantitative estimate of drug-likeness (QED) is 0.606. The topological polar surface area (TPSA) is 75.4 Å². The van der Waals surface area contributed by atoms with E-state index in [2.05, 4.69) is 5.32 Å². The fourth-order valence-electron chi connectivity index (χ4n) is 1.84. The highest BCUT2D eigenvalue weighted by molar-refractivity contribution is 5.53. The van der Waals surface area contributed by atoms with E-state index >= 15 is 0 Å². The number of nitro groups is 1. The number of anilines is 1. The predicted octanol–water partition coefficient (Wildman–Crippen LogP) is 2.09. The highest BCUT2D eigenvalue weighted by Gasteiger charge is 2.29. The van der Waals surface area contributed by atoms with E-state index < -0.39 is 4.92 Å². The van der Waals surface area contributed by atoms with Gasteiger partial charge < -0.3 is 10.4 Å². The lowest BCUT2D eigenvalue weighted by Gasteiger charge is -2.12. The Kier molecular flexibility index (Phi) is 3.28. The van der Waals surface area contributed by atoms with Gasteiger partial charge in [0.2, 0.25) is 0 Å². The minimum absolute atomic E-state index is 0.123. The van der Waals surface area contributed by atoms with Crippen molar-refractivity contribution in [3.63, 3.8) is 0 Å². The van der Waals surface area contributed by atoms with Crippen molar-refractivity contribution in [2.75, 3.05) is 11.9 Å². The zero-order chi connectivity index (χ0) is 12.4. The number of hydrogen-bond acceptors (Lipinski definition) is 4. The molecular weight excluding hydrogens is 220 g/mol. The van der Waals surface area contributed by atoms with Gasteiger partial charge in [0.1, 0.15) is 0 Å². The van der Waals surface area contributed by atoms with Gasteiger partial charge in [0, 0.05) is 23.9 Å². The first-order valence-corrected chi connectivity index (χ1v) is 5.75. The minimum atomic E-state index is -0.391. The summed E-state index contributed by atoms with van der Waals surface area (Å²) in [5, 5.41) is 23.4. The van der Waals surface area contributed by atoms with Gasteiger partial charge in [-0.3, -0.25) is 10.1 Å². The van der Waals surface area contributed by atoms with Gasteiger partial charge in [0.15, 0.2) is 0 Å². The molecule has 1 aromatic rings. The number of aliphatic hydroxyl groups is 1. The number of nitrogens with zero attached hydrogens (tertiary/aromatic N) is 1. The lowest BCUT2D eigenvalue weighted by Crippen LogP contribution is -2.21. The average molecular weight is 236 g/mol. The van der Waals surface area contributed by atoms with Crippen molar-refractivity contribution in [2.24, 2.45) is 5.92 Å². The molecule has 2 rings (SSSR count). The molecule has 0 aromatic heterocycles. The molecule has 5 heteroatoms. The monoisotopic (exact) mass is 236 g/mol. The zero-order valence-corrected chi connectivity index (χ0v) is 9.72. The summed E-state index contributed by atoms with van der Waals surface area (Å²) in [4.78, 5) is 10.3. The molecule has 92 valence electrons. The van der Waals surface area contributed by atoms with Gasteiger partial charge in [-0.1, -0.05) is 0 Å². The van der Waals surface area contributed by atoms with Gasteiger partial charge in [0.25, 0.3) is 5.69 Å². The third-order valence-corrected chi connectivity index (χ3v) is 3.07. The molecule has 0 amide bonds. The Balaban J connectivity index is 1.97. The normalized spacial score (nSPS) is 16.6. The molecule has 0 bridgehead atoms. The first-order valence-electron chi connectivity index (χ1n) is 5.75. The van der Waals surface area contributed by atoms with Crippen LogP contribution in [0, 0.1) is 23.0 Å². The van der Waals surface area contributed by atoms with Gasteiger partial charge >= 0.3 is 0 Å². The average Bonchev–Trinajstić information content (AvgIpc) is 3.09. The predicted molar refractivity (Wildman–Crippen MR) is 65.1 cm³/mol. The fraction of sp³-hybridized carbons (Fsp3) is 0.500. The number of benzene rings is 1. The summed E-state index contributed by atoms with van der Waals surface area (Å²) in [6.45, 7) is 2.21. The van der Waals surface area contributed by atoms with Crippen molar-refractivity contribution in [1.82, 2.24) is 0 Å². The highest BCUT2D eigenvalue weighted by Crippen LogP contribution is 2.32. The molecule has 1 saturated carbocycles. The Morgan fingerprint density at radius 1 is 1.59 bits per heavy atom. The Morgan fingerprint density at radius 3 is 2.82 bits per heavy atom. The van der Waals surface area contributed by atoms with Crippen LogP contribution in [0.15, 0.2) is 18.2 Å². The fourth-order valence-corrected chi connectivity index (χ4v) is 1.84. The summed E-state index contributed by atoms with van der Waals surface area (Å²) >= 11 is 0. The minimum Gasteiger partial charge on any atom is -0.391 e. The first-order chi connectivity index (χ1) is 8.08. The van der Waals surface area contributed by atoms with Gasteiger partial charge in [-0.05, 0) is 37.8 Å². The third-order valence-electron chi connectivity index (χ3n) is 3.07. The van der Waals surface area contributed by atoms with Crippen molar-refractivity contribution >= 4 is 11.4 Å². The number of aliphatic hydroxyl groups excluding tert-OH is 1.